The number of rotatable bonds is 3. The van der Waals surface area contributed by atoms with Gasteiger partial charge in [0.05, 0.1) is 29.8 Å². The molecule has 5 nitrogen and oxygen atoms in total. The van der Waals surface area contributed by atoms with Crippen LogP contribution in [-0.2, 0) is 9.53 Å². The van der Waals surface area contributed by atoms with Gasteiger partial charge < -0.3 is 10.1 Å². The minimum atomic E-state index is -0.443. The summed E-state index contributed by atoms with van der Waals surface area (Å²) in [5.74, 6) is -0.0742. The third-order valence-electron chi connectivity index (χ3n) is 4.66. The normalized spacial score (nSPS) is 16.3. The first kappa shape index (κ1) is 16.3. The van der Waals surface area contributed by atoms with Crippen LogP contribution in [0.15, 0.2) is 59.8 Å². The molecule has 0 saturated heterocycles. The standard InChI is InChI=1S/C20H18FN3O2/c1-3-14-17(19(25)26-2)18(12-8-10-13(21)11-9-12)24-16-7-5-4-6-15(16)23-20(24)22-14/h4-11,18H,3H2,1-2H3,(H,22,23). The van der Waals surface area contributed by atoms with Gasteiger partial charge in [0.15, 0.2) is 0 Å². The van der Waals surface area contributed by atoms with Crippen LogP contribution < -0.4 is 5.32 Å². The maximum atomic E-state index is 13.5. The van der Waals surface area contributed by atoms with Crippen LogP contribution in [0, 0.1) is 5.82 Å². The summed E-state index contributed by atoms with van der Waals surface area (Å²) in [4.78, 5) is 17.3. The molecule has 0 fully saturated rings. The molecule has 1 unspecified atom stereocenters. The van der Waals surface area contributed by atoms with E-state index in [4.69, 9.17) is 4.74 Å². The number of hydrogen-bond donors (Lipinski definition) is 1. The second kappa shape index (κ2) is 6.29. The number of nitrogens with one attached hydrogen (secondary N) is 1. The zero-order valence-electron chi connectivity index (χ0n) is 14.5. The van der Waals surface area contributed by atoms with Gasteiger partial charge in [0.1, 0.15) is 5.82 Å². The molecule has 0 saturated carbocycles. The first-order chi connectivity index (χ1) is 12.6. The Morgan fingerprint density at radius 1 is 1.23 bits per heavy atom. The highest BCUT2D eigenvalue weighted by Crippen LogP contribution is 2.40. The summed E-state index contributed by atoms with van der Waals surface area (Å²) in [5.41, 5.74) is 3.78. The van der Waals surface area contributed by atoms with Crippen molar-refractivity contribution in [3.8, 4) is 0 Å². The fraction of sp³-hybridized carbons (Fsp3) is 0.200. The van der Waals surface area contributed by atoms with Crippen LogP contribution in [0.2, 0.25) is 0 Å². The van der Waals surface area contributed by atoms with E-state index < -0.39 is 12.0 Å². The Morgan fingerprint density at radius 2 is 1.96 bits per heavy atom. The number of methoxy groups -OCH3 is 1. The number of carbonyl (C=O) groups excluding carboxylic acids is 1. The van der Waals surface area contributed by atoms with Gasteiger partial charge in [-0.05, 0) is 36.2 Å². The van der Waals surface area contributed by atoms with Crippen molar-refractivity contribution >= 4 is 23.0 Å². The monoisotopic (exact) mass is 351 g/mol. The van der Waals surface area contributed by atoms with Crippen molar-refractivity contribution in [2.45, 2.75) is 19.4 Å². The predicted octanol–water partition coefficient (Wildman–Crippen LogP) is 4.03. The molecule has 26 heavy (non-hydrogen) atoms. The van der Waals surface area contributed by atoms with Crippen molar-refractivity contribution in [3.63, 3.8) is 0 Å². The number of para-hydroxylation sites is 2. The van der Waals surface area contributed by atoms with E-state index in [1.54, 1.807) is 12.1 Å². The minimum absolute atomic E-state index is 0.322. The van der Waals surface area contributed by atoms with E-state index in [1.807, 2.05) is 35.8 Å². The highest BCUT2D eigenvalue weighted by atomic mass is 19.1. The lowest BCUT2D eigenvalue weighted by Gasteiger charge is -2.30. The molecular formula is C20H18FN3O2. The molecule has 132 valence electrons. The second-order valence-electron chi connectivity index (χ2n) is 6.11. The Hall–Kier alpha value is -3.15. The summed E-state index contributed by atoms with van der Waals surface area (Å²) in [5, 5.41) is 3.27. The van der Waals surface area contributed by atoms with Crippen molar-refractivity contribution in [3.05, 3.63) is 71.2 Å². The average Bonchev–Trinajstić information content (AvgIpc) is 3.04. The van der Waals surface area contributed by atoms with Gasteiger partial charge >= 0.3 is 5.97 Å². The Bertz CT molecular complexity index is 1020. The predicted molar refractivity (Wildman–Crippen MR) is 97.2 cm³/mol. The van der Waals surface area contributed by atoms with Crippen LogP contribution in [0.4, 0.5) is 10.3 Å². The zero-order valence-corrected chi connectivity index (χ0v) is 14.5. The molecule has 0 amide bonds. The number of hydrogen-bond acceptors (Lipinski definition) is 4. The number of esters is 1. The average molecular weight is 351 g/mol. The molecule has 6 heteroatoms. The molecule has 0 spiro atoms. The van der Waals surface area contributed by atoms with E-state index in [2.05, 4.69) is 10.3 Å². The van der Waals surface area contributed by atoms with Crippen LogP contribution in [0.3, 0.4) is 0 Å². The number of allylic oxidation sites excluding steroid dienone is 1. The van der Waals surface area contributed by atoms with Crippen molar-refractivity contribution in [1.82, 2.24) is 9.55 Å². The van der Waals surface area contributed by atoms with E-state index in [0.717, 1.165) is 22.3 Å². The fourth-order valence-electron chi connectivity index (χ4n) is 3.47. The number of fused-ring (bicyclic) bond motifs is 3. The van der Waals surface area contributed by atoms with Gasteiger partial charge in [0, 0.05) is 5.70 Å². The van der Waals surface area contributed by atoms with Crippen molar-refractivity contribution in [2.24, 2.45) is 0 Å². The van der Waals surface area contributed by atoms with Crippen molar-refractivity contribution in [2.75, 3.05) is 12.4 Å². The van der Waals surface area contributed by atoms with E-state index >= 15 is 0 Å². The largest absolute Gasteiger partial charge is 0.466 e. The van der Waals surface area contributed by atoms with Crippen LogP contribution in [0.5, 0.6) is 0 Å². The number of benzene rings is 2. The second-order valence-corrected chi connectivity index (χ2v) is 6.11. The van der Waals surface area contributed by atoms with Gasteiger partial charge in [-0.2, -0.15) is 0 Å². The van der Waals surface area contributed by atoms with Gasteiger partial charge in [0.25, 0.3) is 0 Å². The molecule has 1 aliphatic rings. The number of nitrogens with zero attached hydrogens (tertiary/aromatic N) is 2. The molecule has 4 rings (SSSR count). The first-order valence-corrected chi connectivity index (χ1v) is 8.44. The number of carbonyl (C=O) groups is 1. The Balaban J connectivity index is 2.02. The van der Waals surface area contributed by atoms with Crippen LogP contribution in [-0.4, -0.2) is 22.6 Å². The molecule has 0 aliphatic carbocycles. The van der Waals surface area contributed by atoms with Gasteiger partial charge in [-0.25, -0.2) is 14.2 Å². The third kappa shape index (κ3) is 2.45. The zero-order chi connectivity index (χ0) is 18.3. The summed E-state index contributed by atoms with van der Waals surface area (Å²) in [7, 11) is 1.37. The number of anilines is 1. The maximum Gasteiger partial charge on any atom is 0.338 e. The minimum Gasteiger partial charge on any atom is -0.466 e. The lowest BCUT2D eigenvalue weighted by molar-refractivity contribution is -0.136. The maximum absolute atomic E-state index is 13.5. The van der Waals surface area contributed by atoms with Gasteiger partial charge in [-0.15, -0.1) is 0 Å². The summed E-state index contributed by atoms with van der Waals surface area (Å²) < 4.78 is 20.5. The van der Waals surface area contributed by atoms with Crippen LogP contribution in [0.25, 0.3) is 11.0 Å². The molecule has 1 atom stereocenters. The van der Waals surface area contributed by atoms with Crippen molar-refractivity contribution in [1.29, 1.82) is 0 Å². The number of ether oxygens (including phenoxy) is 1. The summed E-state index contributed by atoms with van der Waals surface area (Å²) in [6.45, 7) is 1.96. The van der Waals surface area contributed by atoms with E-state index in [0.29, 0.717) is 17.9 Å². The Morgan fingerprint density at radius 3 is 2.65 bits per heavy atom. The molecule has 1 aliphatic heterocycles. The summed E-state index contributed by atoms with van der Waals surface area (Å²) in [6, 6.07) is 13.5. The van der Waals surface area contributed by atoms with E-state index in [1.165, 1.54) is 19.2 Å². The molecule has 1 aromatic heterocycles. The number of imidazole rings is 1. The first-order valence-electron chi connectivity index (χ1n) is 8.44. The third-order valence-corrected chi connectivity index (χ3v) is 4.66. The van der Waals surface area contributed by atoms with Gasteiger partial charge in [-0.1, -0.05) is 31.2 Å². The van der Waals surface area contributed by atoms with Crippen LogP contribution >= 0.6 is 0 Å². The highest BCUT2D eigenvalue weighted by Gasteiger charge is 2.35. The smallest absolute Gasteiger partial charge is 0.338 e. The lowest BCUT2D eigenvalue weighted by atomic mass is 9.94. The van der Waals surface area contributed by atoms with Gasteiger partial charge in [-0.3, -0.25) is 4.57 Å². The number of halogens is 1. The Labute approximate surface area is 150 Å². The Kier molecular flexibility index (Phi) is 3.95. The molecule has 3 aromatic rings. The van der Waals surface area contributed by atoms with Crippen molar-refractivity contribution < 1.29 is 13.9 Å². The van der Waals surface area contributed by atoms with E-state index in [-0.39, 0.29) is 5.82 Å². The molecule has 2 aromatic carbocycles. The molecule has 1 N–H and O–H groups in total. The molecule has 0 radical (unpaired) electrons. The molecular weight excluding hydrogens is 333 g/mol. The van der Waals surface area contributed by atoms with E-state index in [9.17, 15) is 9.18 Å². The van der Waals surface area contributed by atoms with Crippen LogP contribution in [0.1, 0.15) is 24.9 Å². The topological polar surface area (TPSA) is 56.2 Å². The quantitative estimate of drug-likeness (QED) is 0.724. The van der Waals surface area contributed by atoms with Gasteiger partial charge in [0.2, 0.25) is 5.95 Å². The number of aromatic nitrogens is 2. The lowest BCUT2D eigenvalue weighted by Crippen LogP contribution is -2.29. The summed E-state index contributed by atoms with van der Waals surface area (Å²) >= 11 is 0. The highest BCUT2D eigenvalue weighted by molar-refractivity contribution is 5.94. The fourth-order valence-corrected chi connectivity index (χ4v) is 3.47. The SMILES string of the molecule is CCC1=C(C(=O)OC)C(c2ccc(F)cc2)n2c(nc3ccccc32)N1. The molecule has 2 heterocycles. The summed E-state index contributed by atoms with van der Waals surface area (Å²) in [6.07, 6.45) is 0.616. The molecule has 0 bridgehead atoms.